The van der Waals surface area contributed by atoms with E-state index in [9.17, 15) is 4.79 Å². The van der Waals surface area contributed by atoms with Gasteiger partial charge in [0.05, 0.1) is 0 Å². The number of urea groups is 1. The van der Waals surface area contributed by atoms with E-state index in [1.54, 1.807) is 23.1 Å². The number of benzene rings is 1. The second-order valence-corrected chi connectivity index (χ2v) is 6.99. The number of carbonyl (C=O) groups excluding carboxylic acids is 1. The molecular weight excluding hydrogens is 330 g/mol. The van der Waals surface area contributed by atoms with Gasteiger partial charge >= 0.3 is 6.03 Å². The molecule has 0 fully saturated rings. The molecule has 0 aliphatic carbocycles. The Balaban J connectivity index is 1.74. The fourth-order valence-corrected chi connectivity index (χ4v) is 3.59. The molecule has 5 nitrogen and oxygen atoms in total. The smallest absolute Gasteiger partial charge is 0.319 e. The summed E-state index contributed by atoms with van der Waals surface area (Å²) in [4.78, 5) is 17.3. The fraction of sp³-hybridized carbons (Fsp3) is 0.375. The molecule has 0 saturated heterocycles. The number of rotatable bonds is 8. The number of nitrogens with one attached hydrogen (secondary N) is 2. The lowest BCUT2D eigenvalue weighted by Gasteiger charge is -2.08. The molecule has 0 bridgehead atoms. The van der Waals surface area contributed by atoms with E-state index in [1.165, 1.54) is 0 Å². The molecule has 1 aromatic heterocycles. The van der Waals surface area contributed by atoms with Gasteiger partial charge in [0.15, 0.2) is 4.34 Å². The van der Waals surface area contributed by atoms with E-state index in [1.807, 2.05) is 43.5 Å². The van der Waals surface area contributed by atoms with Gasteiger partial charge in [0, 0.05) is 41.4 Å². The number of ether oxygens (including phenoxy) is 1. The zero-order valence-corrected chi connectivity index (χ0v) is 14.9. The highest BCUT2D eigenvalue weighted by atomic mass is 32.2. The van der Waals surface area contributed by atoms with Crippen molar-refractivity contribution in [2.24, 2.45) is 0 Å². The lowest BCUT2D eigenvalue weighted by Crippen LogP contribution is -2.30. The van der Waals surface area contributed by atoms with Crippen molar-refractivity contribution >= 4 is 34.8 Å². The van der Waals surface area contributed by atoms with Crippen LogP contribution in [0.4, 0.5) is 10.5 Å². The highest BCUT2D eigenvalue weighted by molar-refractivity contribution is 8.01. The number of nitrogens with zero attached hydrogens (tertiary/aromatic N) is 1. The maximum atomic E-state index is 11.7. The largest absolute Gasteiger partial charge is 0.382 e. The first kappa shape index (κ1) is 17.8. The van der Waals surface area contributed by atoms with Crippen molar-refractivity contribution in [1.29, 1.82) is 0 Å². The normalized spacial score (nSPS) is 10.5. The Hall–Kier alpha value is -1.57. The highest BCUT2D eigenvalue weighted by Crippen LogP contribution is 2.30. The molecule has 2 rings (SSSR count). The summed E-state index contributed by atoms with van der Waals surface area (Å²) >= 11 is 3.26. The standard InChI is InChI=1S/C16H21N3O2S2/c1-3-21-10-4-9-17-15(20)19-13-5-7-14(8-6-13)23-16-18-12(2)11-22-16/h5-8,11H,3-4,9-10H2,1-2H3,(H2,17,19,20). The summed E-state index contributed by atoms with van der Waals surface area (Å²) in [6.45, 7) is 5.91. The minimum atomic E-state index is -0.197. The molecule has 1 heterocycles. The summed E-state index contributed by atoms with van der Waals surface area (Å²) < 4.78 is 6.24. The van der Waals surface area contributed by atoms with Crippen molar-refractivity contribution in [3.05, 3.63) is 35.3 Å². The van der Waals surface area contributed by atoms with Crippen LogP contribution in [0.2, 0.25) is 0 Å². The number of carbonyl (C=O) groups is 1. The zero-order valence-electron chi connectivity index (χ0n) is 13.3. The Morgan fingerprint density at radius 1 is 1.35 bits per heavy atom. The molecule has 23 heavy (non-hydrogen) atoms. The fourth-order valence-electron chi connectivity index (χ4n) is 1.78. The predicted octanol–water partition coefficient (Wildman–Crippen LogP) is 4.15. The van der Waals surface area contributed by atoms with E-state index in [4.69, 9.17) is 4.74 Å². The van der Waals surface area contributed by atoms with Crippen LogP contribution in [0.5, 0.6) is 0 Å². The van der Waals surface area contributed by atoms with E-state index in [0.717, 1.165) is 27.0 Å². The molecule has 0 aliphatic rings. The van der Waals surface area contributed by atoms with Crippen LogP contribution in [-0.4, -0.2) is 30.8 Å². The highest BCUT2D eigenvalue weighted by Gasteiger charge is 2.04. The average Bonchev–Trinajstić information content (AvgIpc) is 2.94. The topological polar surface area (TPSA) is 63.2 Å². The van der Waals surface area contributed by atoms with Gasteiger partial charge in [-0.05, 0) is 44.5 Å². The van der Waals surface area contributed by atoms with Gasteiger partial charge in [-0.25, -0.2) is 9.78 Å². The molecule has 0 atom stereocenters. The van der Waals surface area contributed by atoms with Crippen molar-refractivity contribution < 1.29 is 9.53 Å². The number of thiazole rings is 1. The molecule has 0 spiro atoms. The van der Waals surface area contributed by atoms with E-state index in [0.29, 0.717) is 19.8 Å². The summed E-state index contributed by atoms with van der Waals surface area (Å²) in [5, 5.41) is 7.65. The third-order valence-electron chi connectivity index (χ3n) is 2.87. The minimum absolute atomic E-state index is 0.197. The van der Waals surface area contributed by atoms with E-state index >= 15 is 0 Å². The van der Waals surface area contributed by atoms with Crippen LogP contribution in [0.1, 0.15) is 19.0 Å². The molecule has 124 valence electrons. The molecule has 0 radical (unpaired) electrons. The minimum Gasteiger partial charge on any atom is -0.382 e. The number of hydrogen-bond acceptors (Lipinski definition) is 5. The van der Waals surface area contributed by atoms with Crippen LogP contribution in [-0.2, 0) is 4.74 Å². The average molecular weight is 351 g/mol. The van der Waals surface area contributed by atoms with Crippen LogP contribution in [0.15, 0.2) is 38.9 Å². The van der Waals surface area contributed by atoms with Crippen molar-refractivity contribution in [3.63, 3.8) is 0 Å². The van der Waals surface area contributed by atoms with Crippen molar-refractivity contribution in [2.75, 3.05) is 25.1 Å². The van der Waals surface area contributed by atoms with Gasteiger partial charge in [0.2, 0.25) is 0 Å². The van der Waals surface area contributed by atoms with Gasteiger partial charge in [-0.3, -0.25) is 0 Å². The second-order valence-electron chi connectivity index (χ2n) is 4.81. The number of aryl methyl sites for hydroxylation is 1. The first-order valence-corrected chi connectivity index (χ1v) is 9.19. The third-order valence-corrected chi connectivity index (χ3v) is 4.93. The molecule has 2 aromatic rings. The quantitative estimate of drug-likeness (QED) is 0.701. The first-order chi connectivity index (χ1) is 11.2. The van der Waals surface area contributed by atoms with Crippen LogP contribution in [0, 0.1) is 6.92 Å². The summed E-state index contributed by atoms with van der Waals surface area (Å²) in [6.07, 6.45) is 0.810. The summed E-state index contributed by atoms with van der Waals surface area (Å²) in [7, 11) is 0. The maximum absolute atomic E-state index is 11.7. The Morgan fingerprint density at radius 3 is 2.78 bits per heavy atom. The Kier molecular flexibility index (Phi) is 7.38. The summed E-state index contributed by atoms with van der Waals surface area (Å²) in [5.41, 5.74) is 1.81. The lowest BCUT2D eigenvalue weighted by atomic mass is 10.3. The number of aromatic nitrogens is 1. The van der Waals surface area contributed by atoms with Gasteiger partial charge in [0.25, 0.3) is 0 Å². The van der Waals surface area contributed by atoms with E-state index < -0.39 is 0 Å². The Morgan fingerprint density at radius 2 is 2.13 bits per heavy atom. The third kappa shape index (κ3) is 6.60. The molecule has 2 N–H and O–H groups in total. The molecule has 0 unspecified atom stereocenters. The van der Waals surface area contributed by atoms with Crippen molar-refractivity contribution in [2.45, 2.75) is 29.5 Å². The molecule has 2 amide bonds. The van der Waals surface area contributed by atoms with Crippen molar-refractivity contribution in [1.82, 2.24) is 10.3 Å². The van der Waals surface area contributed by atoms with Crippen molar-refractivity contribution in [3.8, 4) is 0 Å². The molecule has 7 heteroatoms. The maximum Gasteiger partial charge on any atom is 0.319 e. The van der Waals surface area contributed by atoms with Crippen LogP contribution in [0.25, 0.3) is 0 Å². The van der Waals surface area contributed by atoms with Gasteiger partial charge in [-0.2, -0.15) is 0 Å². The Labute approximate surface area is 144 Å². The summed E-state index contributed by atoms with van der Waals surface area (Å²) in [6, 6.07) is 7.54. The van der Waals surface area contributed by atoms with Gasteiger partial charge in [0.1, 0.15) is 0 Å². The van der Waals surface area contributed by atoms with Gasteiger partial charge in [-0.1, -0.05) is 11.8 Å². The van der Waals surface area contributed by atoms with Crippen LogP contribution < -0.4 is 10.6 Å². The van der Waals surface area contributed by atoms with Gasteiger partial charge < -0.3 is 15.4 Å². The number of hydrogen-bond donors (Lipinski definition) is 2. The SMILES string of the molecule is CCOCCCNC(=O)Nc1ccc(Sc2nc(C)cs2)cc1. The first-order valence-electron chi connectivity index (χ1n) is 7.50. The zero-order chi connectivity index (χ0) is 16.5. The van der Waals surface area contributed by atoms with Gasteiger partial charge in [-0.15, -0.1) is 11.3 Å². The molecular formula is C16H21N3O2S2. The molecule has 1 aromatic carbocycles. The monoisotopic (exact) mass is 351 g/mol. The number of anilines is 1. The summed E-state index contributed by atoms with van der Waals surface area (Å²) in [5.74, 6) is 0. The second kappa shape index (κ2) is 9.54. The van der Waals surface area contributed by atoms with E-state index in [-0.39, 0.29) is 6.03 Å². The molecule has 0 aliphatic heterocycles. The lowest BCUT2D eigenvalue weighted by molar-refractivity contribution is 0.145. The number of amides is 2. The molecule has 0 saturated carbocycles. The van der Waals surface area contributed by atoms with E-state index in [2.05, 4.69) is 15.6 Å². The van der Waals surface area contributed by atoms with Crippen LogP contribution in [0.3, 0.4) is 0 Å². The van der Waals surface area contributed by atoms with Crippen LogP contribution >= 0.6 is 23.1 Å². The predicted molar refractivity (Wildman–Crippen MR) is 95.5 cm³/mol. The Bertz CT molecular complexity index is 614.